The maximum atomic E-state index is 12.4. The van der Waals surface area contributed by atoms with Crippen molar-refractivity contribution in [1.82, 2.24) is 15.5 Å². The van der Waals surface area contributed by atoms with E-state index in [1.807, 2.05) is 12.1 Å². The van der Waals surface area contributed by atoms with E-state index in [-0.39, 0.29) is 18.0 Å². The molecule has 1 aliphatic carbocycles. The number of rotatable bonds is 2. The summed E-state index contributed by atoms with van der Waals surface area (Å²) < 4.78 is 0. The van der Waals surface area contributed by atoms with Crippen molar-refractivity contribution in [3.63, 3.8) is 0 Å². The number of nitrogens with zero attached hydrogens (tertiary/aromatic N) is 1. The smallest absolute Gasteiger partial charge is 0.314 e. The molecule has 21 heavy (non-hydrogen) atoms. The Hall–Kier alpha value is -2.08. The van der Waals surface area contributed by atoms with Crippen molar-refractivity contribution in [1.29, 1.82) is 0 Å². The number of piperazine rings is 1. The summed E-state index contributed by atoms with van der Waals surface area (Å²) in [6.45, 7) is 1.46. The number of carbonyl (C=O) groups excluding carboxylic acids is 2. The zero-order valence-corrected chi connectivity index (χ0v) is 11.8. The molecule has 0 aromatic heterocycles. The van der Waals surface area contributed by atoms with Gasteiger partial charge in [0.2, 0.25) is 5.91 Å². The van der Waals surface area contributed by atoms with Gasteiger partial charge in [-0.05, 0) is 24.0 Å². The van der Waals surface area contributed by atoms with Gasteiger partial charge in [0, 0.05) is 19.6 Å². The van der Waals surface area contributed by atoms with Gasteiger partial charge in [0.25, 0.3) is 0 Å². The van der Waals surface area contributed by atoms with Gasteiger partial charge >= 0.3 is 6.03 Å². The molecular formula is C15H20N4O2. The van der Waals surface area contributed by atoms with Crippen molar-refractivity contribution in [2.24, 2.45) is 5.73 Å². The summed E-state index contributed by atoms with van der Waals surface area (Å²) in [6.07, 6.45) is 1.92. The first-order chi connectivity index (χ1) is 10.1. The summed E-state index contributed by atoms with van der Waals surface area (Å²) in [7, 11) is 0. The van der Waals surface area contributed by atoms with E-state index in [9.17, 15) is 9.59 Å². The number of nitrogens with two attached hydrogens (primary N) is 1. The van der Waals surface area contributed by atoms with E-state index in [0.29, 0.717) is 19.6 Å². The zero-order valence-electron chi connectivity index (χ0n) is 11.8. The van der Waals surface area contributed by atoms with Crippen LogP contribution in [0, 0.1) is 0 Å². The van der Waals surface area contributed by atoms with Crippen LogP contribution in [0.25, 0.3) is 0 Å². The summed E-state index contributed by atoms with van der Waals surface area (Å²) >= 11 is 0. The third kappa shape index (κ3) is 2.85. The second-order valence-electron chi connectivity index (χ2n) is 5.59. The SMILES string of the molecule is NC(=O)N1CCNC(C(=O)NC2CCc3ccccc32)C1. The Labute approximate surface area is 123 Å². The molecule has 0 spiro atoms. The first kappa shape index (κ1) is 13.9. The summed E-state index contributed by atoms with van der Waals surface area (Å²) in [5.41, 5.74) is 7.79. The Balaban J connectivity index is 1.63. The molecule has 2 unspecified atom stereocenters. The number of urea groups is 1. The van der Waals surface area contributed by atoms with E-state index >= 15 is 0 Å². The third-order valence-electron chi connectivity index (χ3n) is 4.25. The minimum atomic E-state index is -0.472. The van der Waals surface area contributed by atoms with Gasteiger partial charge in [0.05, 0.1) is 6.04 Å². The average molecular weight is 288 g/mol. The lowest BCUT2D eigenvalue weighted by Crippen LogP contribution is -2.59. The van der Waals surface area contributed by atoms with Gasteiger partial charge in [0.15, 0.2) is 0 Å². The van der Waals surface area contributed by atoms with E-state index in [0.717, 1.165) is 12.8 Å². The highest BCUT2D eigenvalue weighted by atomic mass is 16.2. The number of benzene rings is 1. The molecule has 1 heterocycles. The molecule has 1 aromatic carbocycles. The number of carbonyl (C=O) groups is 2. The summed E-state index contributed by atoms with van der Waals surface area (Å²) in [6, 6.07) is 7.40. The Morgan fingerprint density at radius 1 is 1.33 bits per heavy atom. The van der Waals surface area contributed by atoms with Crippen molar-refractivity contribution < 1.29 is 9.59 Å². The second-order valence-corrected chi connectivity index (χ2v) is 5.59. The van der Waals surface area contributed by atoms with Gasteiger partial charge in [-0.1, -0.05) is 24.3 Å². The lowest BCUT2D eigenvalue weighted by atomic mass is 10.1. The van der Waals surface area contributed by atoms with Crippen molar-refractivity contribution in [2.75, 3.05) is 19.6 Å². The molecule has 1 fully saturated rings. The molecule has 0 saturated carbocycles. The molecule has 0 radical (unpaired) electrons. The molecule has 6 heteroatoms. The minimum Gasteiger partial charge on any atom is -0.351 e. The van der Waals surface area contributed by atoms with Crippen molar-refractivity contribution in [2.45, 2.75) is 24.9 Å². The highest BCUT2D eigenvalue weighted by molar-refractivity contribution is 5.83. The van der Waals surface area contributed by atoms with Crippen molar-refractivity contribution >= 4 is 11.9 Å². The molecule has 1 saturated heterocycles. The van der Waals surface area contributed by atoms with Crippen LogP contribution in [0.5, 0.6) is 0 Å². The topological polar surface area (TPSA) is 87.5 Å². The third-order valence-corrected chi connectivity index (χ3v) is 4.25. The highest BCUT2D eigenvalue weighted by Gasteiger charge is 2.30. The van der Waals surface area contributed by atoms with E-state index in [2.05, 4.69) is 22.8 Å². The fourth-order valence-electron chi connectivity index (χ4n) is 3.11. The summed E-state index contributed by atoms with van der Waals surface area (Å²) in [4.78, 5) is 25.1. The predicted octanol–water partition coefficient (Wildman–Crippen LogP) is 0.143. The normalized spacial score (nSPS) is 24.5. The Bertz CT molecular complexity index is 560. The van der Waals surface area contributed by atoms with Gasteiger partial charge in [-0.3, -0.25) is 4.79 Å². The van der Waals surface area contributed by atoms with Crippen LogP contribution in [0.4, 0.5) is 4.79 Å². The van der Waals surface area contributed by atoms with Crippen LogP contribution in [0.2, 0.25) is 0 Å². The lowest BCUT2D eigenvalue weighted by Gasteiger charge is -2.32. The maximum absolute atomic E-state index is 12.4. The van der Waals surface area contributed by atoms with Crippen LogP contribution in [0.15, 0.2) is 24.3 Å². The predicted molar refractivity (Wildman–Crippen MR) is 78.6 cm³/mol. The van der Waals surface area contributed by atoms with Crippen LogP contribution in [0.1, 0.15) is 23.6 Å². The molecule has 1 aliphatic heterocycles. The first-order valence-electron chi connectivity index (χ1n) is 7.31. The Morgan fingerprint density at radius 2 is 2.14 bits per heavy atom. The number of primary amides is 1. The number of aryl methyl sites for hydroxylation is 1. The lowest BCUT2D eigenvalue weighted by molar-refractivity contribution is -0.124. The van der Waals surface area contributed by atoms with Crippen LogP contribution in [-0.4, -0.2) is 42.5 Å². The molecule has 6 nitrogen and oxygen atoms in total. The van der Waals surface area contributed by atoms with E-state index in [1.165, 1.54) is 16.0 Å². The van der Waals surface area contributed by atoms with Gasteiger partial charge in [-0.25, -0.2) is 4.79 Å². The van der Waals surface area contributed by atoms with Crippen LogP contribution >= 0.6 is 0 Å². The molecule has 112 valence electrons. The fourth-order valence-corrected chi connectivity index (χ4v) is 3.11. The summed E-state index contributed by atoms with van der Waals surface area (Å²) in [5, 5.41) is 6.22. The maximum Gasteiger partial charge on any atom is 0.314 e. The Kier molecular flexibility index (Phi) is 3.79. The minimum absolute atomic E-state index is 0.0670. The highest BCUT2D eigenvalue weighted by Crippen LogP contribution is 2.30. The van der Waals surface area contributed by atoms with Crippen molar-refractivity contribution in [3.8, 4) is 0 Å². The Morgan fingerprint density at radius 3 is 2.95 bits per heavy atom. The quantitative estimate of drug-likeness (QED) is 0.723. The van der Waals surface area contributed by atoms with Crippen molar-refractivity contribution in [3.05, 3.63) is 35.4 Å². The molecule has 2 aliphatic rings. The largest absolute Gasteiger partial charge is 0.351 e. The van der Waals surface area contributed by atoms with Gasteiger partial charge in [-0.15, -0.1) is 0 Å². The number of hydrogen-bond acceptors (Lipinski definition) is 3. The molecule has 3 amide bonds. The second kappa shape index (κ2) is 5.73. The number of hydrogen-bond donors (Lipinski definition) is 3. The van der Waals surface area contributed by atoms with E-state index in [1.54, 1.807) is 0 Å². The fraction of sp³-hybridized carbons (Fsp3) is 0.467. The monoisotopic (exact) mass is 288 g/mol. The molecule has 1 aromatic rings. The summed E-state index contributed by atoms with van der Waals surface area (Å²) in [5.74, 6) is -0.0670. The van der Waals surface area contributed by atoms with E-state index < -0.39 is 6.03 Å². The van der Waals surface area contributed by atoms with Crippen LogP contribution in [0.3, 0.4) is 0 Å². The van der Waals surface area contributed by atoms with E-state index in [4.69, 9.17) is 5.73 Å². The first-order valence-corrected chi connectivity index (χ1v) is 7.31. The average Bonchev–Trinajstić information content (AvgIpc) is 2.91. The number of fused-ring (bicyclic) bond motifs is 1. The zero-order chi connectivity index (χ0) is 14.8. The number of nitrogens with one attached hydrogen (secondary N) is 2. The molecular weight excluding hydrogens is 268 g/mol. The number of amides is 3. The standard InChI is InChI=1S/C15H20N4O2/c16-15(21)19-8-7-17-13(9-19)14(20)18-12-6-5-10-3-1-2-4-11(10)12/h1-4,12-13,17H,5-9H2,(H2,16,21)(H,18,20). The van der Waals surface area contributed by atoms with Gasteiger partial charge in [0.1, 0.15) is 6.04 Å². The van der Waals surface area contributed by atoms with Gasteiger partial charge < -0.3 is 21.3 Å². The molecule has 4 N–H and O–H groups in total. The molecule has 2 atom stereocenters. The molecule has 3 rings (SSSR count). The van der Waals surface area contributed by atoms with Crippen LogP contribution in [-0.2, 0) is 11.2 Å². The van der Waals surface area contributed by atoms with Crippen LogP contribution < -0.4 is 16.4 Å². The van der Waals surface area contributed by atoms with Gasteiger partial charge in [-0.2, -0.15) is 0 Å². The molecule has 0 bridgehead atoms.